The van der Waals surface area contributed by atoms with Crippen molar-refractivity contribution in [1.29, 1.82) is 0 Å². The second-order valence-corrected chi connectivity index (χ2v) is 7.53. The van der Waals surface area contributed by atoms with Crippen molar-refractivity contribution in [3.63, 3.8) is 0 Å². The number of aromatic nitrogens is 3. The first-order valence-electron chi connectivity index (χ1n) is 7.64. The van der Waals surface area contributed by atoms with E-state index in [1.54, 1.807) is 20.2 Å². The number of hydrogen-bond donors (Lipinski definition) is 1. The number of pyridine rings is 1. The second kappa shape index (κ2) is 6.29. The fourth-order valence-corrected chi connectivity index (χ4v) is 4.43. The van der Waals surface area contributed by atoms with Crippen LogP contribution in [0.3, 0.4) is 0 Å². The van der Waals surface area contributed by atoms with Gasteiger partial charge >= 0.3 is 0 Å². The van der Waals surface area contributed by atoms with E-state index in [4.69, 9.17) is 0 Å². The van der Waals surface area contributed by atoms with E-state index in [1.165, 1.54) is 10.9 Å². The molecule has 1 atom stereocenters. The maximum atomic E-state index is 12.6. The van der Waals surface area contributed by atoms with Gasteiger partial charge in [-0.1, -0.05) is 6.07 Å². The molecule has 8 heteroatoms. The smallest absolute Gasteiger partial charge is 0.244 e. The monoisotopic (exact) mass is 335 g/mol. The summed E-state index contributed by atoms with van der Waals surface area (Å²) in [6.07, 6.45) is 5.04. The van der Waals surface area contributed by atoms with E-state index in [0.717, 1.165) is 25.2 Å². The lowest BCUT2D eigenvalue weighted by molar-refractivity contribution is 0.464. The molecule has 2 aromatic rings. The molecule has 1 fully saturated rings. The molecule has 3 rings (SSSR count). The van der Waals surface area contributed by atoms with Crippen molar-refractivity contribution < 1.29 is 8.42 Å². The van der Waals surface area contributed by atoms with Gasteiger partial charge in [-0.25, -0.2) is 18.1 Å². The van der Waals surface area contributed by atoms with Crippen LogP contribution in [0, 0.1) is 6.92 Å². The first-order valence-corrected chi connectivity index (χ1v) is 9.12. The number of nitrogens with zero attached hydrogens (tertiary/aromatic N) is 4. The summed E-state index contributed by atoms with van der Waals surface area (Å²) in [5.74, 6) is 0.883. The van der Waals surface area contributed by atoms with E-state index < -0.39 is 10.0 Å². The van der Waals surface area contributed by atoms with Gasteiger partial charge in [0.1, 0.15) is 10.7 Å². The molecule has 3 heterocycles. The average Bonchev–Trinajstić information content (AvgIpc) is 2.88. The molecule has 0 bridgehead atoms. The lowest BCUT2D eigenvalue weighted by Crippen LogP contribution is -2.48. The molecule has 1 aliphatic rings. The number of sulfonamides is 1. The van der Waals surface area contributed by atoms with Crippen LogP contribution >= 0.6 is 0 Å². The summed E-state index contributed by atoms with van der Waals surface area (Å²) in [6.45, 7) is 3.21. The number of nitrogens with one attached hydrogen (secondary N) is 1. The highest BCUT2D eigenvalue weighted by molar-refractivity contribution is 7.89. The zero-order chi connectivity index (χ0) is 16.4. The van der Waals surface area contributed by atoms with Gasteiger partial charge in [-0.3, -0.25) is 4.68 Å². The van der Waals surface area contributed by atoms with Crippen LogP contribution < -0.4 is 9.62 Å². The third kappa shape index (κ3) is 3.53. The highest BCUT2D eigenvalue weighted by atomic mass is 32.2. The van der Waals surface area contributed by atoms with Gasteiger partial charge < -0.3 is 4.90 Å². The Balaban J connectivity index is 1.74. The zero-order valence-electron chi connectivity index (χ0n) is 13.3. The van der Waals surface area contributed by atoms with Crippen molar-refractivity contribution in [1.82, 2.24) is 19.5 Å². The first kappa shape index (κ1) is 15.9. The fourth-order valence-electron chi connectivity index (χ4n) is 2.95. The Morgan fingerprint density at radius 2 is 2.17 bits per heavy atom. The number of rotatable bonds is 4. The Morgan fingerprint density at radius 3 is 2.83 bits per heavy atom. The third-order valence-electron chi connectivity index (χ3n) is 3.97. The Bertz CT molecular complexity index is 772. The normalized spacial score (nSPS) is 19.0. The van der Waals surface area contributed by atoms with Crippen molar-refractivity contribution in [3.8, 4) is 0 Å². The molecule has 0 spiro atoms. The van der Waals surface area contributed by atoms with Crippen LogP contribution in [0.4, 0.5) is 5.82 Å². The standard InChI is InChI=1S/C15H21N5O2S/c1-12-14(11-19(2)17-12)23(21,22)18-13-6-5-9-20(10-13)15-7-3-4-8-16-15/h3-4,7-8,11,13,18H,5-6,9-10H2,1-2H3/t13-/m0/s1. The lowest BCUT2D eigenvalue weighted by Gasteiger charge is -2.33. The Hall–Kier alpha value is -1.93. The minimum absolute atomic E-state index is 0.129. The van der Waals surface area contributed by atoms with Crippen molar-refractivity contribution >= 4 is 15.8 Å². The predicted octanol–water partition coefficient (Wildman–Crippen LogP) is 1.07. The SMILES string of the molecule is Cc1nn(C)cc1S(=O)(=O)N[C@H]1CCCN(c2ccccn2)C1. The largest absolute Gasteiger partial charge is 0.355 e. The molecule has 1 aliphatic heterocycles. The molecule has 124 valence electrons. The molecule has 0 aliphatic carbocycles. The summed E-state index contributed by atoms with van der Waals surface area (Å²) >= 11 is 0. The van der Waals surface area contributed by atoms with Gasteiger partial charge in [0.05, 0.1) is 5.69 Å². The van der Waals surface area contributed by atoms with Crippen LogP contribution in [-0.4, -0.2) is 42.3 Å². The molecule has 0 radical (unpaired) electrons. The molecule has 1 saturated heterocycles. The summed E-state index contributed by atoms with van der Waals surface area (Å²) in [4.78, 5) is 6.71. The highest BCUT2D eigenvalue weighted by Crippen LogP contribution is 2.20. The molecule has 23 heavy (non-hydrogen) atoms. The van der Waals surface area contributed by atoms with E-state index in [-0.39, 0.29) is 10.9 Å². The predicted molar refractivity (Wildman–Crippen MR) is 87.7 cm³/mol. The zero-order valence-corrected chi connectivity index (χ0v) is 14.1. The summed E-state index contributed by atoms with van der Waals surface area (Å²) in [5, 5.41) is 4.11. The van der Waals surface area contributed by atoms with Crippen LogP contribution in [0.25, 0.3) is 0 Å². The van der Waals surface area contributed by atoms with Crippen molar-refractivity contribution in [2.24, 2.45) is 7.05 Å². The summed E-state index contributed by atoms with van der Waals surface area (Å²) in [5.41, 5.74) is 0.511. The summed E-state index contributed by atoms with van der Waals surface area (Å²) in [7, 11) is -1.84. The van der Waals surface area contributed by atoms with E-state index in [0.29, 0.717) is 12.2 Å². The van der Waals surface area contributed by atoms with Crippen LogP contribution in [0.5, 0.6) is 0 Å². The maximum Gasteiger partial charge on any atom is 0.244 e. The van der Waals surface area contributed by atoms with Crippen molar-refractivity contribution in [2.45, 2.75) is 30.7 Å². The van der Waals surface area contributed by atoms with Crippen LogP contribution in [-0.2, 0) is 17.1 Å². The van der Waals surface area contributed by atoms with Crippen LogP contribution in [0.2, 0.25) is 0 Å². The highest BCUT2D eigenvalue weighted by Gasteiger charge is 2.27. The summed E-state index contributed by atoms with van der Waals surface area (Å²) < 4.78 is 29.5. The Labute approximate surface area is 136 Å². The van der Waals surface area contributed by atoms with Crippen LogP contribution in [0.15, 0.2) is 35.5 Å². The lowest BCUT2D eigenvalue weighted by atomic mass is 10.1. The Morgan fingerprint density at radius 1 is 1.35 bits per heavy atom. The van der Waals surface area contributed by atoms with Gasteiger partial charge in [0.15, 0.2) is 0 Å². The average molecular weight is 335 g/mol. The van der Waals surface area contributed by atoms with E-state index in [9.17, 15) is 8.42 Å². The molecule has 0 aromatic carbocycles. The quantitative estimate of drug-likeness (QED) is 0.904. The van der Waals surface area contributed by atoms with Crippen LogP contribution in [0.1, 0.15) is 18.5 Å². The van der Waals surface area contributed by atoms with Gasteiger partial charge in [-0.15, -0.1) is 0 Å². The molecular weight excluding hydrogens is 314 g/mol. The minimum Gasteiger partial charge on any atom is -0.355 e. The van der Waals surface area contributed by atoms with Crippen molar-refractivity contribution in [2.75, 3.05) is 18.0 Å². The number of anilines is 1. The van der Waals surface area contributed by atoms with Gasteiger partial charge in [0.2, 0.25) is 10.0 Å². The molecule has 2 aromatic heterocycles. The molecule has 1 N–H and O–H groups in total. The van der Waals surface area contributed by atoms with Gasteiger partial charge in [-0.2, -0.15) is 5.10 Å². The Kier molecular flexibility index (Phi) is 4.36. The number of hydrogen-bond acceptors (Lipinski definition) is 5. The van der Waals surface area contributed by atoms with Gasteiger partial charge in [0, 0.05) is 38.6 Å². The molecule has 0 saturated carbocycles. The van der Waals surface area contributed by atoms with Gasteiger partial charge in [0.25, 0.3) is 0 Å². The van der Waals surface area contributed by atoms with Gasteiger partial charge in [-0.05, 0) is 31.9 Å². The first-order chi connectivity index (χ1) is 11.0. The molecule has 7 nitrogen and oxygen atoms in total. The summed E-state index contributed by atoms with van der Waals surface area (Å²) in [6, 6.07) is 5.63. The topological polar surface area (TPSA) is 80.1 Å². The maximum absolute atomic E-state index is 12.6. The minimum atomic E-state index is -3.56. The number of piperidine rings is 1. The third-order valence-corrected chi connectivity index (χ3v) is 5.60. The molecular formula is C15H21N5O2S. The fraction of sp³-hybridized carbons (Fsp3) is 0.467. The van der Waals surface area contributed by atoms with E-state index in [2.05, 4.69) is 19.7 Å². The van der Waals surface area contributed by atoms with Crippen molar-refractivity contribution in [3.05, 3.63) is 36.3 Å². The molecule has 0 amide bonds. The second-order valence-electron chi connectivity index (χ2n) is 5.85. The molecule has 0 unspecified atom stereocenters. The number of aryl methyl sites for hydroxylation is 2. The van der Waals surface area contributed by atoms with E-state index >= 15 is 0 Å². The van der Waals surface area contributed by atoms with E-state index in [1.807, 2.05) is 18.2 Å².